The molecule has 328 valence electrons. The minimum atomic E-state index is -0.412. The van der Waals surface area contributed by atoms with Crippen molar-refractivity contribution in [3.8, 4) is 44.5 Å². The van der Waals surface area contributed by atoms with E-state index in [1.807, 2.05) is 12.1 Å². The molecule has 0 fully saturated rings. The molecule has 0 N–H and O–H groups in total. The molecule has 2 aliphatic carbocycles. The van der Waals surface area contributed by atoms with Gasteiger partial charge in [0.1, 0.15) is 11.2 Å². The van der Waals surface area contributed by atoms with Crippen LogP contribution < -0.4 is 9.80 Å². The standard InChI is InChI=1S/C67H44N2O/c1-3-15-49(16-4-1)68(53-39-41-58-57-21-9-13-25-63(57)67(64(58)43-53)61-23-11-7-19-55(61)56-20-8-12-24-62(56)67)51-35-31-47(32-36-51)45-27-29-46(30-28-45)48-33-37-52(38-34-48)69(50-17-5-2-6-18-50)54-40-42-60-59-22-10-14-26-65(59)70-66(60)44-54/h1-44H. The second-order valence-corrected chi connectivity index (χ2v) is 18.4. The van der Waals surface area contributed by atoms with Gasteiger partial charge in [-0.05, 0) is 146 Å². The average Bonchev–Trinajstić information content (AvgIpc) is 4.06. The molecule has 0 saturated carbocycles. The van der Waals surface area contributed by atoms with Crippen molar-refractivity contribution in [3.63, 3.8) is 0 Å². The van der Waals surface area contributed by atoms with Crippen LogP contribution in [0.15, 0.2) is 271 Å². The second-order valence-electron chi connectivity index (χ2n) is 18.4. The molecule has 1 aromatic heterocycles. The molecule has 0 saturated heterocycles. The van der Waals surface area contributed by atoms with Crippen LogP contribution in [-0.2, 0) is 5.41 Å². The smallest absolute Gasteiger partial charge is 0.137 e. The van der Waals surface area contributed by atoms with Crippen molar-refractivity contribution in [1.29, 1.82) is 0 Å². The number of rotatable bonds is 8. The summed E-state index contributed by atoms with van der Waals surface area (Å²) in [6, 6.07) is 97.0. The van der Waals surface area contributed by atoms with Gasteiger partial charge in [0.25, 0.3) is 0 Å². The van der Waals surface area contributed by atoms with Gasteiger partial charge in [0.2, 0.25) is 0 Å². The molecule has 0 unspecified atom stereocenters. The first kappa shape index (κ1) is 39.9. The second kappa shape index (κ2) is 16.0. The Labute approximate surface area is 407 Å². The van der Waals surface area contributed by atoms with E-state index >= 15 is 0 Å². The summed E-state index contributed by atoms with van der Waals surface area (Å²) in [5.41, 5.74) is 23.2. The topological polar surface area (TPSA) is 19.6 Å². The van der Waals surface area contributed by atoms with Crippen LogP contribution in [-0.4, -0.2) is 0 Å². The van der Waals surface area contributed by atoms with Crippen LogP contribution in [0.1, 0.15) is 22.3 Å². The number of hydrogen-bond donors (Lipinski definition) is 0. The van der Waals surface area contributed by atoms with E-state index in [1.165, 1.54) is 61.2 Å². The molecule has 11 aromatic carbocycles. The Balaban J connectivity index is 0.780. The summed E-state index contributed by atoms with van der Waals surface area (Å²) >= 11 is 0. The number of hydrogen-bond acceptors (Lipinski definition) is 3. The number of furan rings is 1. The van der Waals surface area contributed by atoms with Gasteiger partial charge in [-0.2, -0.15) is 0 Å². The van der Waals surface area contributed by atoms with Gasteiger partial charge in [-0.1, -0.05) is 182 Å². The minimum Gasteiger partial charge on any atom is -0.456 e. The number of nitrogens with zero attached hydrogens (tertiary/aromatic N) is 2. The predicted molar refractivity (Wildman–Crippen MR) is 290 cm³/mol. The molecule has 0 atom stereocenters. The van der Waals surface area contributed by atoms with Crippen LogP contribution in [0, 0.1) is 0 Å². The van der Waals surface area contributed by atoms with Gasteiger partial charge in [0.05, 0.1) is 5.41 Å². The molecule has 0 bridgehead atoms. The summed E-state index contributed by atoms with van der Waals surface area (Å²) in [6.07, 6.45) is 0. The lowest BCUT2D eigenvalue weighted by molar-refractivity contribution is 0.669. The molecule has 1 spiro atoms. The number of benzene rings is 11. The molecule has 3 heteroatoms. The number of anilines is 6. The third-order valence-electron chi connectivity index (χ3n) is 14.7. The van der Waals surface area contributed by atoms with E-state index in [9.17, 15) is 0 Å². The molecular formula is C67H44N2O. The lowest BCUT2D eigenvalue weighted by Crippen LogP contribution is -2.26. The van der Waals surface area contributed by atoms with E-state index in [4.69, 9.17) is 4.42 Å². The zero-order valence-electron chi connectivity index (χ0n) is 38.2. The fourth-order valence-electron chi connectivity index (χ4n) is 11.6. The Morgan fingerprint density at radius 2 is 0.600 bits per heavy atom. The van der Waals surface area contributed by atoms with E-state index in [0.717, 1.165) is 61.6 Å². The fourth-order valence-corrected chi connectivity index (χ4v) is 11.6. The molecule has 14 rings (SSSR count). The monoisotopic (exact) mass is 892 g/mol. The van der Waals surface area contributed by atoms with Crippen molar-refractivity contribution >= 4 is 56.1 Å². The molecule has 12 aromatic rings. The van der Waals surface area contributed by atoms with E-state index in [1.54, 1.807) is 0 Å². The number of para-hydroxylation sites is 3. The Morgan fingerprint density at radius 1 is 0.243 bits per heavy atom. The van der Waals surface area contributed by atoms with Gasteiger partial charge in [0.15, 0.2) is 0 Å². The first-order chi connectivity index (χ1) is 34.7. The molecule has 3 nitrogen and oxygen atoms in total. The first-order valence-corrected chi connectivity index (χ1v) is 24.1. The third kappa shape index (κ3) is 6.15. The highest BCUT2D eigenvalue weighted by Crippen LogP contribution is 2.63. The van der Waals surface area contributed by atoms with Crippen molar-refractivity contribution < 1.29 is 4.42 Å². The Bertz CT molecular complexity index is 3870. The Hall–Kier alpha value is -9.18. The van der Waals surface area contributed by atoms with Crippen LogP contribution in [0.25, 0.3) is 66.4 Å². The summed E-state index contributed by atoms with van der Waals surface area (Å²) < 4.78 is 6.31. The van der Waals surface area contributed by atoms with E-state index in [-0.39, 0.29) is 0 Å². The summed E-state index contributed by atoms with van der Waals surface area (Å²) in [5.74, 6) is 0. The maximum atomic E-state index is 6.31. The van der Waals surface area contributed by atoms with Crippen molar-refractivity contribution in [2.24, 2.45) is 0 Å². The van der Waals surface area contributed by atoms with Crippen LogP contribution in [0.3, 0.4) is 0 Å². The van der Waals surface area contributed by atoms with E-state index < -0.39 is 5.41 Å². The molecule has 1 heterocycles. The average molecular weight is 893 g/mol. The normalized spacial score (nSPS) is 12.7. The molecule has 70 heavy (non-hydrogen) atoms. The maximum Gasteiger partial charge on any atom is 0.137 e. The molecule has 0 radical (unpaired) electrons. The highest BCUT2D eigenvalue weighted by molar-refractivity contribution is 6.06. The fraction of sp³-hybridized carbons (Fsp3) is 0.0149. The largest absolute Gasteiger partial charge is 0.456 e. The summed E-state index contributed by atoms with van der Waals surface area (Å²) in [6.45, 7) is 0. The highest BCUT2D eigenvalue weighted by Gasteiger charge is 2.51. The lowest BCUT2D eigenvalue weighted by Gasteiger charge is -2.32. The van der Waals surface area contributed by atoms with Crippen molar-refractivity contribution in [3.05, 3.63) is 289 Å². The Morgan fingerprint density at radius 3 is 1.11 bits per heavy atom. The van der Waals surface area contributed by atoms with Crippen LogP contribution >= 0.6 is 0 Å². The molecule has 0 amide bonds. The van der Waals surface area contributed by atoms with E-state index in [0.29, 0.717) is 0 Å². The first-order valence-electron chi connectivity index (χ1n) is 24.1. The zero-order valence-corrected chi connectivity index (χ0v) is 38.2. The van der Waals surface area contributed by atoms with Gasteiger partial charge >= 0.3 is 0 Å². The minimum absolute atomic E-state index is 0.412. The van der Waals surface area contributed by atoms with Crippen molar-refractivity contribution in [2.45, 2.75) is 5.41 Å². The van der Waals surface area contributed by atoms with E-state index in [2.05, 4.69) is 265 Å². The van der Waals surface area contributed by atoms with Gasteiger partial charge in [-0.25, -0.2) is 0 Å². The zero-order chi connectivity index (χ0) is 46.2. The highest BCUT2D eigenvalue weighted by atomic mass is 16.3. The SMILES string of the molecule is c1ccc(N(c2ccc(-c3ccc(-c4ccc(N(c5ccccc5)c5ccc6c(c5)oc5ccccc56)cc4)cc3)cc2)c2ccc3c(c2)C2(c4ccccc4-c4ccccc42)c2ccccc2-3)cc1. The van der Waals surface area contributed by atoms with Crippen molar-refractivity contribution in [1.82, 2.24) is 0 Å². The van der Waals surface area contributed by atoms with Gasteiger partial charge in [0, 0.05) is 51.0 Å². The van der Waals surface area contributed by atoms with Gasteiger partial charge < -0.3 is 14.2 Å². The van der Waals surface area contributed by atoms with Gasteiger partial charge in [-0.15, -0.1) is 0 Å². The Kier molecular flexibility index (Phi) is 9.11. The van der Waals surface area contributed by atoms with Gasteiger partial charge in [-0.3, -0.25) is 0 Å². The lowest BCUT2D eigenvalue weighted by atomic mass is 9.70. The molecule has 0 aliphatic heterocycles. The van der Waals surface area contributed by atoms with Crippen LogP contribution in [0.2, 0.25) is 0 Å². The quantitative estimate of drug-likeness (QED) is 0.152. The predicted octanol–water partition coefficient (Wildman–Crippen LogP) is 18.2. The third-order valence-corrected chi connectivity index (χ3v) is 14.7. The molecular weight excluding hydrogens is 849 g/mol. The number of fused-ring (bicyclic) bond motifs is 13. The molecule has 2 aliphatic rings. The van der Waals surface area contributed by atoms with Crippen LogP contribution in [0.5, 0.6) is 0 Å². The summed E-state index contributed by atoms with van der Waals surface area (Å²) in [5, 5.41) is 2.25. The summed E-state index contributed by atoms with van der Waals surface area (Å²) in [7, 11) is 0. The van der Waals surface area contributed by atoms with Crippen LogP contribution in [0.4, 0.5) is 34.1 Å². The van der Waals surface area contributed by atoms with Crippen molar-refractivity contribution in [2.75, 3.05) is 9.80 Å². The summed E-state index contributed by atoms with van der Waals surface area (Å²) in [4.78, 5) is 4.69. The maximum absolute atomic E-state index is 6.31.